The standard InChI is InChI=1S/C79H133NO18/c1-3-5-7-9-11-13-15-17-19-21-23-25-27-28-29-30-31-32-33-34-35-37-39-41-43-45-47-49-51-53-55-57-67(85)80-62(63(84)56-54-52-50-48-46-44-42-40-38-36-26-24-22-20-18-16-14-12-10-8-6-4-2)61-93-77-73(91)70(88)75(65(59-82)95-77)98-79-74(92)71(89)76(66(60-83)96-79)97-78-72(90)69(87)68(86)64(58-81)94-78/h5,7,11,13,17,19,23,25,28-29,31-32,34-35,38,40,46,48,54,56,62-66,68-79,81-84,86-92H,3-4,6,8-10,12,14-16,18,20-22,24,26-27,30,33,36-37,39,41-45,47,49-53,55,57-61H2,1-2H3,(H,80,85)/b7-5-,13-11-,19-17-,25-23-,29-28-,32-31-,35-34-,40-38+,48-46+,56-54+. The highest BCUT2D eigenvalue weighted by Gasteiger charge is 2.53. The van der Waals surface area contributed by atoms with Crippen molar-refractivity contribution in [2.45, 2.75) is 343 Å². The van der Waals surface area contributed by atoms with E-state index < -0.39 is 124 Å². The van der Waals surface area contributed by atoms with Crippen LogP contribution in [0.25, 0.3) is 0 Å². The number of ether oxygens (including phenoxy) is 6. The van der Waals surface area contributed by atoms with Crippen molar-refractivity contribution in [3.63, 3.8) is 0 Å². The fourth-order valence-electron chi connectivity index (χ4n) is 11.9. The van der Waals surface area contributed by atoms with Gasteiger partial charge in [0.1, 0.15) is 73.2 Å². The van der Waals surface area contributed by atoms with Crippen LogP contribution in [0.1, 0.15) is 239 Å². The molecule has 12 N–H and O–H groups in total. The zero-order valence-corrected chi connectivity index (χ0v) is 59.7. The summed E-state index contributed by atoms with van der Waals surface area (Å²) < 4.78 is 34.4. The number of carbonyl (C=O) groups excluding carboxylic acids is 1. The van der Waals surface area contributed by atoms with Crippen molar-refractivity contribution >= 4 is 5.91 Å². The lowest BCUT2D eigenvalue weighted by Gasteiger charge is -2.48. The molecule has 1 amide bonds. The molecule has 562 valence electrons. The predicted octanol–water partition coefficient (Wildman–Crippen LogP) is 11.6. The number of aliphatic hydroxyl groups is 11. The van der Waals surface area contributed by atoms with E-state index in [0.29, 0.717) is 12.8 Å². The molecule has 3 heterocycles. The monoisotopic (exact) mass is 1380 g/mol. The van der Waals surface area contributed by atoms with Gasteiger partial charge in [0.05, 0.1) is 38.6 Å². The van der Waals surface area contributed by atoms with Crippen molar-refractivity contribution in [3.05, 3.63) is 122 Å². The topological polar surface area (TPSA) is 307 Å². The van der Waals surface area contributed by atoms with Crippen molar-refractivity contribution in [1.29, 1.82) is 0 Å². The summed E-state index contributed by atoms with van der Waals surface area (Å²) in [6.07, 6.45) is 54.5. The molecule has 0 spiro atoms. The summed E-state index contributed by atoms with van der Waals surface area (Å²) in [6.45, 7) is 1.59. The lowest BCUT2D eigenvalue weighted by molar-refractivity contribution is -0.379. The Hall–Kier alpha value is -3.81. The second-order valence-corrected chi connectivity index (χ2v) is 26.4. The van der Waals surface area contributed by atoms with Crippen LogP contribution in [0.5, 0.6) is 0 Å². The first-order valence-corrected chi connectivity index (χ1v) is 37.8. The first-order chi connectivity index (χ1) is 47.8. The van der Waals surface area contributed by atoms with E-state index in [1.807, 2.05) is 6.08 Å². The van der Waals surface area contributed by atoms with E-state index in [4.69, 9.17) is 28.4 Å². The van der Waals surface area contributed by atoms with Gasteiger partial charge in [0, 0.05) is 6.42 Å². The Bertz CT molecular complexity index is 2250. The Kier molecular flexibility index (Phi) is 52.9. The number of rotatable bonds is 57. The molecule has 19 heteroatoms. The van der Waals surface area contributed by atoms with Gasteiger partial charge in [0.2, 0.25) is 5.91 Å². The average molecular weight is 1380 g/mol. The second kappa shape index (κ2) is 58.7. The van der Waals surface area contributed by atoms with Crippen molar-refractivity contribution in [2.75, 3.05) is 26.4 Å². The molecule has 19 nitrogen and oxygen atoms in total. The van der Waals surface area contributed by atoms with Gasteiger partial charge in [-0.25, -0.2) is 0 Å². The van der Waals surface area contributed by atoms with Crippen LogP contribution in [-0.2, 0) is 33.2 Å². The summed E-state index contributed by atoms with van der Waals surface area (Å²) in [5.41, 5.74) is 0. The number of unbranched alkanes of at least 4 members (excludes halogenated alkanes) is 23. The van der Waals surface area contributed by atoms with Crippen molar-refractivity contribution in [3.8, 4) is 0 Å². The van der Waals surface area contributed by atoms with E-state index in [1.165, 1.54) is 103 Å². The van der Waals surface area contributed by atoms with Crippen LogP contribution >= 0.6 is 0 Å². The maximum atomic E-state index is 13.4. The molecule has 98 heavy (non-hydrogen) atoms. The molecule has 3 rings (SSSR count). The maximum absolute atomic E-state index is 13.4. The first kappa shape index (κ1) is 88.4. The minimum absolute atomic E-state index is 0.217. The molecule has 0 bridgehead atoms. The van der Waals surface area contributed by atoms with E-state index in [2.05, 4.69) is 129 Å². The minimum Gasteiger partial charge on any atom is -0.394 e. The number of nitrogens with one attached hydrogen (secondary N) is 1. The molecule has 0 aromatic rings. The van der Waals surface area contributed by atoms with Gasteiger partial charge in [-0.15, -0.1) is 0 Å². The Morgan fingerprint density at radius 3 is 1.14 bits per heavy atom. The van der Waals surface area contributed by atoms with Gasteiger partial charge in [0.15, 0.2) is 18.9 Å². The smallest absolute Gasteiger partial charge is 0.220 e. The predicted molar refractivity (Wildman–Crippen MR) is 387 cm³/mol. The van der Waals surface area contributed by atoms with Gasteiger partial charge in [-0.1, -0.05) is 251 Å². The highest BCUT2D eigenvalue weighted by Crippen LogP contribution is 2.33. The van der Waals surface area contributed by atoms with E-state index in [9.17, 15) is 61.0 Å². The largest absolute Gasteiger partial charge is 0.394 e. The van der Waals surface area contributed by atoms with Crippen molar-refractivity contribution < 1.29 is 89.4 Å². The lowest BCUT2D eigenvalue weighted by Crippen LogP contribution is -2.66. The molecule has 0 saturated carbocycles. The third kappa shape index (κ3) is 39.0. The van der Waals surface area contributed by atoms with Crippen LogP contribution in [0, 0.1) is 0 Å². The SMILES string of the molecule is CC/C=C\C/C=C\C/C=C\C/C=C\C/C=C\C/C=C\C/C=C\CCCCCCCCCCCC(=O)NC(COC1OC(CO)C(OC2OC(CO)C(OC3OC(CO)C(O)C(O)C3O)C(O)C2O)C(O)C1O)C(O)/C=C/CC/C=C/CC/C=C/CCCCCCCCCCCCCC. The average Bonchev–Trinajstić information content (AvgIpc) is 0.785. The van der Waals surface area contributed by atoms with E-state index in [1.54, 1.807) is 6.08 Å². The molecule has 3 fully saturated rings. The molecule has 3 aliphatic rings. The van der Waals surface area contributed by atoms with Crippen LogP contribution < -0.4 is 5.32 Å². The number of hydrogen-bond donors (Lipinski definition) is 12. The normalized spacial score (nSPS) is 27.5. The molecular weight excluding hydrogens is 1250 g/mol. The summed E-state index contributed by atoms with van der Waals surface area (Å²) in [6, 6.07) is -1.01. The van der Waals surface area contributed by atoms with Crippen LogP contribution in [-0.4, -0.2) is 193 Å². The summed E-state index contributed by atoms with van der Waals surface area (Å²) in [7, 11) is 0. The fraction of sp³-hybridized carbons (Fsp3) is 0.734. The Morgan fingerprint density at radius 1 is 0.378 bits per heavy atom. The quantitative estimate of drug-likeness (QED) is 0.0199. The second-order valence-electron chi connectivity index (χ2n) is 26.4. The highest BCUT2D eigenvalue weighted by molar-refractivity contribution is 5.76. The first-order valence-electron chi connectivity index (χ1n) is 37.8. The number of hydrogen-bond acceptors (Lipinski definition) is 18. The van der Waals surface area contributed by atoms with E-state index in [-0.39, 0.29) is 18.9 Å². The zero-order chi connectivity index (χ0) is 71.1. The number of aliphatic hydroxyl groups excluding tert-OH is 11. The maximum Gasteiger partial charge on any atom is 0.220 e. The van der Waals surface area contributed by atoms with Crippen molar-refractivity contribution in [2.24, 2.45) is 0 Å². The third-order valence-corrected chi connectivity index (χ3v) is 18.0. The number of carbonyl (C=O) groups is 1. The van der Waals surface area contributed by atoms with E-state index in [0.717, 1.165) is 103 Å². The van der Waals surface area contributed by atoms with E-state index >= 15 is 0 Å². The minimum atomic E-state index is -1.99. The summed E-state index contributed by atoms with van der Waals surface area (Å²) >= 11 is 0. The Balaban J connectivity index is 1.42. The highest BCUT2D eigenvalue weighted by atomic mass is 16.8. The lowest BCUT2D eigenvalue weighted by atomic mass is 9.96. The van der Waals surface area contributed by atoms with Gasteiger partial charge >= 0.3 is 0 Å². The zero-order valence-electron chi connectivity index (χ0n) is 59.7. The fourth-order valence-corrected chi connectivity index (χ4v) is 11.9. The Morgan fingerprint density at radius 2 is 0.714 bits per heavy atom. The van der Waals surface area contributed by atoms with Crippen LogP contribution in [0.2, 0.25) is 0 Å². The summed E-state index contributed by atoms with van der Waals surface area (Å²) in [5, 5.41) is 121. The molecule has 3 aliphatic heterocycles. The molecule has 0 aromatic carbocycles. The third-order valence-electron chi connectivity index (χ3n) is 18.0. The summed E-state index contributed by atoms with van der Waals surface area (Å²) in [5.74, 6) is -0.300. The molecule has 0 radical (unpaired) electrons. The summed E-state index contributed by atoms with van der Waals surface area (Å²) in [4.78, 5) is 13.4. The van der Waals surface area contributed by atoms with Crippen molar-refractivity contribution in [1.82, 2.24) is 5.32 Å². The van der Waals surface area contributed by atoms with Gasteiger partial charge in [-0.05, 0) is 103 Å². The molecule has 17 atom stereocenters. The van der Waals surface area contributed by atoms with Crippen LogP contribution in [0.4, 0.5) is 0 Å². The molecule has 17 unspecified atom stereocenters. The molecule has 3 saturated heterocycles. The number of allylic oxidation sites excluding steroid dienone is 19. The van der Waals surface area contributed by atoms with Gasteiger partial charge < -0.3 is 89.9 Å². The number of amides is 1. The van der Waals surface area contributed by atoms with Crippen LogP contribution in [0.15, 0.2) is 122 Å². The molecule has 0 aromatic heterocycles. The van der Waals surface area contributed by atoms with Crippen LogP contribution in [0.3, 0.4) is 0 Å². The Labute approximate surface area is 588 Å². The molecule has 0 aliphatic carbocycles. The van der Waals surface area contributed by atoms with Gasteiger partial charge in [-0.3, -0.25) is 4.79 Å². The molecular formula is C79H133NO18. The van der Waals surface area contributed by atoms with Gasteiger partial charge in [0.25, 0.3) is 0 Å². The van der Waals surface area contributed by atoms with Gasteiger partial charge in [-0.2, -0.15) is 0 Å².